The molecule has 2 fully saturated rings. The van der Waals surface area contributed by atoms with E-state index in [-0.39, 0.29) is 30.5 Å². The molecule has 21 heavy (non-hydrogen) atoms. The van der Waals surface area contributed by atoms with Gasteiger partial charge < -0.3 is 15.0 Å². The van der Waals surface area contributed by atoms with Crippen LogP contribution in [0.3, 0.4) is 0 Å². The topological polar surface area (TPSA) is 41.6 Å². The van der Waals surface area contributed by atoms with Crippen LogP contribution in [0.4, 0.5) is 0 Å². The molecule has 124 valence electrons. The maximum Gasteiger partial charge on any atom is 0.242 e. The number of carbonyl (C=O) groups excluding carboxylic acids is 1. The number of ether oxygens (including phenoxy) is 1. The molecular weight excluding hydrogens is 288 g/mol. The molecule has 2 saturated heterocycles. The highest BCUT2D eigenvalue weighted by atomic mass is 35.5. The molecule has 4 nitrogen and oxygen atoms in total. The van der Waals surface area contributed by atoms with Crippen molar-refractivity contribution in [1.82, 2.24) is 10.2 Å². The Morgan fingerprint density at radius 3 is 2.57 bits per heavy atom. The number of hydrogen-bond acceptors (Lipinski definition) is 3. The maximum atomic E-state index is 12.7. The Morgan fingerprint density at radius 1 is 1.24 bits per heavy atom. The molecule has 5 heteroatoms. The van der Waals surface area contributed by atoms with Crippen LogP contribution in [0.5, 0.6) is 0 Å². The molecule has 2 aliphatic heterocycles. The molecule has 0 spiro atoms. The van der Waals surface area contributed by atoms with E-state index in [1.54, 1.807) is 0 Å². The first-order valence-electron chi connectivity index (χ1n) is 8.03. The second kappa shape index (κ2) is 7.80. The number of halogens is 1. The Labute approximate surface area is 135 Å². The van der Waals surface area contributed by atoms with Crippen molar-refractivity contribution in [2.45, 2.75) is 59.1 Å². The predicted molar refractivity (Wildman–Crippen MR) is 87.8 cm³/mol. The van der Waals surface area contributed by atoms with Crippen molar-refractivity contribution < 1.29 is 9.53 Å². The molecule has 3 atom stereocenters. The third-order valence-electron chi connectivity index (χ3n) is 4.85. The Bertz CT molecular complexity index is 344. The smallest absolute Gasteiger partial charge is 0.242 e. The first kappa shape index (κ1) is 18.7. The first-order chi connectivity index (χ1) is 9.39. The van der Waals surface area contributed by atoms with Crippen molar-refractivity contribution in [3.63, 3.8) is 0 Å². The lowest BCUT2D eigenvalue weighted by Gasteiger charge is -2.34. The quantitative estimate of drug-likeness (QED) is 0.807. The van der Waals surface area contributed by atoms with Crippen LogP contribution in [-0.4, -0.2) is 49.2 Å². The Morgan fingerprint density at radius 2 is 1.95 bits per heavy atom. The fourth-order valence-electron chi connectivity index (χ4n) is 3.39. The van der Waals surface area contributed by atoms with Crippen molar-refractivity contribution in [1.29, 1.82) is 0 Å². The number of rotatable bonds is 1. The molecule has 1 amide bonds. The van der Waals surface area contributed by atoms with Gasteiger partial charge in [-0.25, -0.2) is 0 Å². The summed E-state index contributed by atoms with van der Waals surface area (Å²) in [5.41, 5.74) is 0.346. The highest BCUT2D eigenvalue weighted by molar-refractivity contribution is 5.85. The number of morpholine rings is 1. The summed E-state index contributed by atoms with van der Waals surface area (Å²) in [6, 6.07) is -0.157. The molecule has 2 rings (SSSR count). The van der Waals surface area contributed by atoms with E-state index in [0.717, 1.165) is 32.5 Å². The summed E-state index contributed by atoms with van der Waals surface area (Å²) in [4.78, 5) is 14.7. The summed E-state index contributed by atoms with van der Waals surface area (Å²) >= 11 is 0. The fourth-order valence-corrected chi connectivity index (χ4v) is 3.39. The van der Waals surface area contributed by atoms with Crippen LogP contribution < -0.4 is 5.32 Å². The lowest BCUT2D eigenvalue weighted by molar-refractivity contribution is -0.139. The lowest BCUT2D eigenvalue weighted by atomic mass is 9.77. The molecule has 0 aliphatic carbocycles. The lowest BCUT2D eigenvalue weighted by Crippen LogP contribution is -2.56. The number of amides is 1. The van der Waals surface area contributed by atoms with Gasteiger partial charge >= 0.3 is 0 Å². The van der Waals surface area contributed by atoms with Crippen molar-refractivity contribution in [2.75, 3.05) is 26.2 Å². The van der Waals surface area contributed by atoms with Gasteiger partial charge in [-0.3, -0.25) is 4.79 Å². The molecule has 1 unspecified atom stereocenters. The van der Waals surface area contributed by atoms with Gasteiger partial charge in [0.1, 0.15) is 6.04 Å². The van der Waals surface area contributed by atoms with Crippen LogP contribution in [-0.2, 0) is 9.53 Å². The van der Waals surface area contributed by atoms with Gasteiger partial charge in [-0.2, -0.15) is 0 Å². The molecule has 0 bridgehead atoms. The van der Waals surface area contributed by atoms with Crippen LogP contribution in [0, 0.1) is 11.3 Å². The van der Waals surface area contributed by atoms with Crippen LogP contribution in [0.15, 0.2) is 0 Å². The van der Waals surface area contributed by atoms with Crippen LogP contribution in [0.1, 0.15) is 47.0 Å². The molecular formula is C16H31ClN2O2. The van der Waals surface area contributed by atoms with E-state index in [4.69, 9.17) is 4.74 Å². The van der Waals surface area contributed by atoms with Gasteiger partial charge in [0, 0.05) is 19.6 Å². The zero-order valence-corrected chi connectivity index (χ0v) is 14.7. The molecule has 1 N–H and O–H groups in total. The SMILES string of the molecule is C[C@H]1OCCN[C@@H]1C(=O)N1CCCC(C(C)(C)C)CC1.Cl. The van der Waals surface area contributed by atoms with Gasteiger partial charge in [0.05, 0.1) is 12.7 Å². The Hall–Kier alpha value is -0.320. The number of nitrogens with one attached hydrogen (secondary N) is 1. The van der Waals surface area contributed by atoms with E-state index in [1.165, 1.54) is 6.42 Å². The van der Waals surface area contributed by atoms with Crippen LogP contribution >= 0.6 is 12.4 Å². The second-order valence-corrected chi connectivity index (χ2v) is 7.33. The maximum absolute atomic E-state index is 12.7. The summed E-state index contributed by atoms with van der Waals surface area (Å²) < 4.78 is 5.60. The number of carbonyl (C=O) groups is 1. The normalized spacial score (nSPS) is 31.2. The van der Waals surface area contributed by atoms with Gasteiger partial charge in [0.2, 0.25) is 5.91 Å². The van der Waals surface area contributed by atoms with Gasteiger partial charge in [0.25, 0.3) is 0 Å². The van der Waals surface area contributed by atoms with E-state index in [0.29, 0.717) is 17.9 Å². The minimum absolute atomic E-state index is 0. The largest absolute Gasteiger partial charge is 0.375 e. The molecule has 0 aromatic rings. The summed E-state index contributed by atoms with van der Waals surface area (Å²) in [5.74, 6) is 0.944. The zero-order chi connectivity index (χ0) is 14.8. The first-order valence-corrected chi connectivity index (χ1v) is 8.03. The van der Waals surface area contributed by atoms with Crippen molar-refractivity contribution in [2.24, 2.45) is 11.3 Å². The van der Waals surface area contributed by atoms with E-state index in [9.17, 15) is 4.79 Å². The summed E-state index contributed by atoms with van der Waals surface area (Å²) in [6.07, 6.45) is 3.46. The van der Waals surface area contributed by atoms with Gasteiger partial charge in [-0.15, -0.1) is 12.4 Å². The van der Waals surface area contributed by atoms with Crippen molar-refractivity contribution in [3.8, 4) is 0 Å². The molecule has 0 aromatic carbocycles. The van der Waals surface area contributed by atoms with E-state index >= 15 is 0 Å². The number of nitrogens with zero attached hydrogens (tertiary/aromatic N) is 1. The standard InChI is InChI=1S/C16H30N2O2.ClH/c1-12-14(17-8-11-20-12)15(19)18-9-5-6-13(7-10-18)16(2,3)4;/h12-14,17H,5-11H2,1-4H3;1H/t12-,13?,14+;/m1./s1. The van der Waals surface area contributed by atoms with Crippen molar-refractivity contribution >= 4 is 18.3 Å². The highest BCUT2D eigenvalue weighted by Gasteiger charge is 2.34. The Balaban J connectivity index is 0.00000220. The monoisotopic (exact) mass is 318 g/mol. The molecule has 2 heterocycles. The van der Waals surface area contributed by atoms with E-state index < -0.39 is 0 Å². The average Bonchev–Trinajstić information content (AvgIpc) is 2.63. The summed E-state index contributed by atoms with van der Waals surface area (Å²) in [7, 11) is 0. The highest BCUT2D eigenvalue weighted by Crippen LogP contribution is 2.34. The van der Waals surface area contributed by atoms with Gasteiger partial charge in [0.15, 0.2) is 0 Å². The van der Waals surface area contributed by atoms with Crippen LogP contribution in [0.25, 0.3) is 0 Å². The Kier molecular flexibility index (Phi) is 6.95. The van der Waals surface area contributed by atoms with Gasteiger partial charge in [-0.05, 0) is 37.5 Å². The third-order valence-corrected chi connectivity index (χ3v) is 4.85. The second-order valence-electron chi connectivity index (χ2n) is 7.33. The van der Waals surface area contributed by atoms with Crippen LogP contribution in [0.2, 0.25) is 0 Å². The number of hydrogen-bond donors (Lipinski definition) is 1. The molecule has 2 aliphatic rings. The third kappa shape index (κ3) is 4.83. The number of likely N-dealkylation sites (tertiary alicyclic amines) is 1. The molecule has 0 aromatic heterocycles. The van der Waals surface area contributed by atoms with E-state index in [1.807, 2.05) is 6.92 Å². The predicted octanol–water partition coefficient (Wildman–Crippen LogP) is 2.46. The summed E-state index contributed by atoms with van der Waals surface area (Å²) in [5, 5.41) is 3.31. The average molecular weight is 319 g/mol. The minimum atomic E-state index is -0.157. The van der Waals surface area contributed by atoms with Gasteiger partial charge in [-0.1, -0.05) is 20.8 Å². The summed E-state index contributed by atoms with van der Waals surface area (Å²) in [6.45, 7) is 12.2. The van der Waals surface area contributed by atoms with E-state index in [2.05, 4.69) is 31.0 Å². The van der Waals surface area contributed by atoms with Crippen molar-refractivity contribution in [3.05, 3.63) is 0 Å². The minimum Gasteiger partial charge on any atom is -0.375 e. The fraction of sp³-hybridized carbons (Fsp3) is 0.938. The zero-order valence-electron chi connectivity index (χ0n) is 13.9. The molecule has 0 saturated carbocycles. The molecule has 0 radical (unpaired) electrons.